The number of hydrogen-bond acceptors (Lipinski definition) is 6. The maximum absolute atomic E-state index is 12.9. The van der Waals surface area contributed by atoms with Crippen LogP contribution in [0, 0.1) is 10.1 Å². The van der Waals surface area contributed by atoms with E-state index in [-0.39, 0.29) is 16.6 Å². The molecule has 0 aliphatic carbocycles. The first-order valence-electron chi connectivity index (χ1n) is 10.2. The quantitative estimate of drug-likeness (QED) is 0.187. The van der Waals surface area contributed by atoms with Crippen LogP contribution in [-0.4, -0.2) is 34.0 Å². The lowest BCUT2D eigenvalue weighted by Gasteiger charge is -2.14. The Morgan fingerprint density at radius 2 is 2.00 bits per heavy atom. The standard InChI is InChI=1S/C22H24ClN3O4S/c1-3-5-11-24-22-25(12-6-4-2)21(27)20(31-22)14-16-8-10-19(30-16)17-9-7-15(26(28)29)13-18(17)23/h7-10,13-14H,3-6,11-12H2,1-2H3. The number of hydrogen-bond donors (Lipinski definition) is 0. The number of amidine groups is 1. The van der Waals surface area contributed by atoms with Gasteiger partial charge in [0.15, 0.2) is 5.17 Å². The van der Waals surface area contributed by atoms with Gasteiger partial charge in [-0.1, -0.05) is 38.3 Å². The maximum atomic E-state index is 12.9. The summed E-state index contributed by atoms with van der Waals surface area (Å²) in [5.41, 5.74) is 0.464. The Hall–Kier alpha value is -2.58. The largest absolute Gasteiger partial charge is 0.457 e. The summed E-state index contributed by atoms with van der Waals surface area (Å²) >= 11 is 7.56. The number of aliphatic imine (C=N–C) groups is 1. The number of furan rings is 1. The monoisotopic (exact) mass is 461 g/mol. The van der Waals surface area contributed by atoms with E-state index >= 15 is 0 Å². The zero-order valence-electron chi connectivity index (χ0n) is 17.5. The predicted molar refractivity (Wildman–Crippen MR) is 125 cm³/mol. The fourth-order valence-electron chi connectivity index (χ4n) is 2.99. The van der Waals surface area contributed by atoms with Gasteiger partial charge in [-0.2, -0.15) is 0 Å². The van der Waals surface area contributed by atoms with Crippen molar-refractivity contribution >= 4 is 46.2 Å². The summed E-state index contributed by atoms with van der Waals surface area (Å²) in [6.45, 7) is 5.54. The number of non-ortho nitro benzene ring substituents is 1. The first-order chi connectivity index (χ1) is 14.9. The van der Waals surface area contributed by atoms with Gasteiger partial charge < -0.3 is 4.42 Å². The lowest BCUT2D eigenvalue weighted by molar-refractivity contribution is -0.384. The van der Waals surface area contributed by atoms with Crippen LogP contribution in [0.25, 0.3) is 17.4 Å². The number of benzene rings is 1. The summed E-state index contributed by atoms with van der Waals surface area (Å²) in [5.74, 6) is 0.910. The molecule has 0 radical (unpaired) electrons. The van der Waals surface area contributed by atoms with Gasteiger partial charge in [0.2, 0.25) is 0 Å². The second kappa shape index (κ2) is 10.6. The average Bonchev–Trinajstić information content (AvgIpc) is 3.32. The van der Waals surface area contributed by atoms with Crippen LogP contribution < -0.4 is 0 Å². The third-order valence-electron chi connectivity index (χ3n) is 4.71. The van der Waals surface area contributed by atoms with Crippen molar-refractivity contribution in [3.05, 3.63) is 56.1 Å². The molecule has 7 nitrogen and oxygen atoms in total. The third-order valence-corrected chi connectivity index (χ3v) is 6.07. The van der Waals surface area contributed by atoms with Crippen molar-refractivity contribution in [3.8, 4) is 11.3 Å². The Labute approximate surface area is 190 Å². The Bertz CT molecular complexity index is 1030. The first kappa shape index (κ1) is 23.1. The molecule has 1 aromatic heterocycles. The molecule has 0 bridgehead atoms. The Morgan fingerprint density at radius 3 is 2.68 bits per heavy atom. The van der Waals surface area contributed by atoms with Crippen LogP contribution in [0.3, 0.4) is 0 Å². The van der Waals surface area contributed by atoms with E-state index in [1.165, 1.54) is 23.9 Å². The zero-order chi connectivity index (χ0) is 22.4. The van der Waals surface area contributed by atoms with Gasteiger partial charge in [-0.3, -0.25) is 24.8 Å². The molecule has 0 N–H and O–H groups in total. The average molecular weight is 462 g/mol. The molecule has 2 heterocycles. The van der Waals surface area contributed by atoms with Crippen molar-refractivity contribution in [1.29, 1.82) is 0 Å². The molecule has 0 unspecified atom stereocenters. The lowest BCUT2D eigenvalue weighted by Crippen LogP contribution is -2.30. The second-order valence-corrected chi connectivity index (χ2v) is 8.48. The van der Waals surface area contributed by atoms with E-state index in [1.807, 2.05) is 0 Å². The molecular weight excluding hydrogens is 438 g/mol. The minimum atomic E-state index is -0.499. The molecule has 1 aromatic carbocycles. The van der Waals surface area contributed by atoms with Gasteiger partial charge in [0.05, 0.1) is 14.9 Å². The normalized spacial score (nSPS) is 16.6. The number of amides is 1. The Kier molecular flexibility index (Phi) is 7.92. The van der Waals surface area contributed by atoms with Crippen LogP contribution in [0.1, 0.15) is 45.3 Å². The van der Waals surface area contributed by atoms with Crippen LogP contribution in [0.4, 0.5) is 5.69 Å². The zero-order valence-corrected chi connectivity index (χ0v) is 19.0. The first-order valence-corrected chi connectivity index (χ1v) is 11.4. The molecule has 9 heteroatoms. The summed E-state index contributed by atoms with van der Waals surface area (Å²) in [6, 6.07) is 7.70. The molecule has 1 aliphatic heterocycles. The highest BCUT2D eigenvalue weighted by Crippen LogP contribution is 2.36. The van der Waals surface area contributed by atoms with E-state index in [0.29, 0.717) is 35.1 Å². The van der Waals surface area contributed by atoms with Crippen molar-refractivity contribution in [1.82, 2.24) is 4.90 Å². The van der Waals surface area contributed by atoms with E-state index in [0.717, 1.165) is 30.9 Å². The van der Waals surface area contributed by atoms with E-state index < -0.39 is 4.92 Å². The van der Waals surface area contributed by atoms with Crippen LogP contribution in [-0.2, 0) is 4.79 Å². The fourth-order valence-corrected chi connectivity index (χ4v) is 4.27. The van der Waals surface area contributed by atoms with Gasteiger partial charge in [0.25, 0.3) is 11.6 Å². The number of thioether (sulfide) groups is 1. The van der Waals surface area contributed by atoms with Crippen LogP contribution in [0.2, 0.25) is 5.02 Å². The maximum Gasteiger partial charge on any atom is 0.270 e. The van der Waals surface area contributed by atoms with E-state index in [9.17, 15) is 14.9 Å². The molecule has 164 valence electrons. The molecule has 2 aromatic rings. The van der Waals surface area contributed by atoms with Gasteiger partial charge in [-0.15, -0.1) is 0 Å². The number of unbranched alkanes of at least 4 members (excludes halogenated alkanes) is 2. The molecule has 0 saturated carbocycles. The molecule has 1 saturated heterocycles. The van der Waals surface area contributed by atoms with Gasteiger partial charge in [-0.25, -0.2) is 0 Å². The van der Waals surface area contributed by atoms with Crippen LogP contribution in [0.15, 0.2) is 44.6 Å². The van der Waals surface area contributed by atoms with Crippen molar-refractivity contribution in [2.45, 2.75) is 39.5 Å². The van der Waals surface area contributed by atoms with Crippen LogP contribution >= 0.6 is 23.4 Å². The SMILES string of the molecule is CCCCN=C1SC(=Cc2ccc(-c3ccc([N+](=O)[O-])cc3Cl)o2)C(=O)N1CCCC. The number of halogens is 1. The highest BCUT2D eigenvalue weighted by Gasteiger charge is 2.33. The molecule has 1 fully saturated rings. The van der Waals surface area contributed by atoms with Crippen molar-refractivity contribution in [2.24, 2.45) is 4.99 Å². The minimum absolute atomic E-state index is 0.0694. The molecule has 31 heavy (non-hydrogen) atoms. The Balaban J connectivity index is 1.83. The Morgan fingerprint density at radius 1 is 1.23 bits per heavy atom. The summed E-state index contributed by atoms with van der Waals surface area (Å²) < 4.78 is 5.86. The fraction of sp³-hybridized carbons (Fsp3) is 0.364. The van der Waals surface area contributed by atoms with E-state index in [2.05, 4.69) is 18.8 Å². The molecule has 0 spiro atoms. The highest BCUT2D eigenvalue weighted by atomic mass is 35.5. The summed E-state index contributed by atoms with van der Waals surface area (Å²) in [7, 11) is 0. The summed E-state index contributed by atoms with van der Waals surface area (Å²) in [4.78, 5) is 30.2. The van der Waals surface area contributed by atoms with Crippen LogP contribution in [0.5, 0.6) is 0 Å². The van der Waals surface area contributed by atoms with Gasteiger partial charge in [-0.05, 0) is 42.8 Å². The molecular formula is C22H24ClN3O4S. The van der Waals surface area contributed by atoms with Crippen molar-refractivity contribution in [3.63, 3.8) is 0 Å². The highest BCUT2D eigenvalue weighted by molar-refractivity contribution is 8.18. The van der Waals surface area contributed by atoms with Gasteiger partial charge in [0, 0.05) is 36.9 Å². The van der Waals surface area contributed by atoms with E-state index in [1.54, 1.807) is 29.2 Å². The smallest absolute Gasteiger partial charge is 0.270 e. The summed E-state index contributed by atoms with van der Waals surface area (Å²) in [6.07, 6.45) is 5.64. The van der Waals surface area contributed by atoms with Gasteiger partial charge in [0.1, 0.15) is 11.5 Å². The predicted octanol–water partition coefficient (Wildman–Crippen LogP) is 6.38. The number of rotatable bonds is 9. The summed E-state index contributed by atoms with van der Waals surface area (Å²) in [5, 5.41) is 11.9. The third kappa shape index (κ3) is 5.57. The molecule has 1 amide bonds. The number of carbonyl (C=O) groups excluding carboxylic acids is 1. The lowest BCUT2D eigenvalue weighted by atomic mass is 10.1. The number of nitro groups is 1. The minimum Gasteiger partial charge on any atom is -0.457 e. The second-order valence-electron chi connectivity index (χ2n) is 7.06. The number of carbonyl (C=O) groups is 1. The topological polar surface area (TPSA) is 89.0 Å². The number of nitro benzene ring substituents is 1. The number of nitrogens with zero attached hydrogens (tertiary/aromatic N) is 3. The molecule has 1 aliphatic rings. The molecule has 0 atom stereocenters. The molecule has 3 rings (SSSR count). The van der Waals surface area contributed by atoms with E-state index in [4.69, 9.17) is 16.0 Å². The van der Waals surface area contributed by atoms with Crippen molar-refractivity contribution in [2.75, 3.05) is 13.1 Å². The van der Waals surface area contributed by atoms with Gasteiger partial charge >= 0.3 is 0 Å². The van der Waals surface area contributed by atoms with Crippen molar-refractivity contribution < 1.29 is 14.1 Å².